The maximum Gasteiger partial charge on any atom is 0.129 e. The molecule has 2 aromatic rings. The Morgan fingerprint density at radius 2 is 1.39 bits per heavy atom. The molecule has 0 aliphatic rings. The maximum atomic E-state index is 9.36. The third-order valence-corrected chi connectivity index (χ3v) is 3.00. The van der Waals surface area contributed by atoms with Gasteiger partial charge in [0, 0.05) is 6.07 Å². The number of hydrogen-bond acceptors (Lipinski definition) is 3. The van der Waals surface area contributed by atoms with Crippen LogP contribution in [0.2, 0.25) is 0 Å². The van der Waals surface area contributed by atoms with E-state index in [2.05, 4.69) is 15.9 Å². The Morgan fingerprint density at radius 3 is 2.00 bits per heavy atom. The summed E-state index contributed by atoms with van der Waals surface area (Å²) in [5, 5.41) is 28.0. The van der Waals surface area contributed by atoms with Gasteiger partial charge in [-0.25, -0.2) is 0 Å². The van der Waals surface area contributed by atoms with Gasteiger partial charge in [-0.3, -0.25) is 0 Å². The smallest absolute Gasteiger partial charge is 0.129 e. The quantitative estimate of drug-likeness (QED) is 0.741. The standard InChI is InChI=1S/C14H11BrO3/c15-13-7-9(3-4-14(13)18)1-2-10-5-11(16)8-12(17)6-10/h1-8,16-18H/b2-1+. The highest BCUT2D eigenvalue weighted by molar-refractivity contribution is 9.10. The molecule has 0 fully saturated rings. The summed E-state index contributed by atoms with van der Waals surface area (Å²) in [4.78, 5) is 0. The van der Waals surface area contributed by atoms with E-state index in [9.17, 15) is 15.3 Å². The van der Waals surface area contributed by atoms with Crippen molar-refractivity contribution in [1.29, 1.82) is 0 Å². The van der Waals surface area contributed by atoms with Gasteiger partial charge in [-0.05, 0) is 51.3 Å². The van der Waals surface area contributed by atoms with Gasteiger partial charge in [0.05, 0.1) is 4.47 Å². The molecule has 0 atom stereocenters. The Morgan fingerprint density at radius 1 is 0.778 bits per heavy atom. The molecular formula is C14H11BrO3. The molecule has 0 aromatic heterocycles. The van der Waals surface area contributed by atoms with Crippen LogP contribution in [0.4, 0.5) is 0 Å². The lowest BCUT2D eigenvalue weighted by Crippen LogP contribution is -1.75. The van der Waals surface area contributed by atoms with E-state index in [0.29, 0.717) is 10.0 Å². The number of phenolic OH excluding ortho intramolecular Hbond substituents is 3. The van der Waals surface area contributed by atoms with Crippen LogP contribution >= 0.6 is 15.9 Å². The van der Waals surface area contributed by atoms with Crippen LogP contribution in [0, 0.1) is 0 Å². The van der Waals surface area contributed by atoms with Crippen LogP contribution in [0.3, 0.4) is 0 Å². The van der Waals surface area contributed by atoms with Gasteiger partial charge in [0.2, 0.25) is 0 Å². The first-order valence-corrected chi connectivity index (χ1v) is 6.03. The van der Waals surface area contributed by atoms with Crippen LogP contribution in [0.25, 0.3) is 12.2 Å². The van der Waals surface area contributed by atoms with Crippen LogP contribution in [0.5, 0.6) is 17.2 Å². The minimum absolute atomic E-state index is 0.0153. The largest absolute Gasteiger partial charge is 0.508 e. The number of benzene rings is 2. The van der Waals surface area contributed by atoms with E-state index in [1.807, 2.05) is 6.08 Å². The zero-order valence-electron chi connectivity index (χ0n) is 9.34. The molecule has 92 valence electrons. The maximum absolute atomic E-state index is 9.36. The molecule has 0 bridgehead atoms. The summed E-state index contributed by atoms with van der Waals surface area (Å²) in [6, 6.07) is 9.49. The predicted octanol–water partition coefficient (Wildman–Crippen LogP) is 3.74. The van der Waals surface area contributed by atoms with Gasteiger partial charge in [0.15, 0.2) is 0 Å². The Kier molecular flexibility index (Phi) is 3.58. The molecule has 0 saturated heterocycles. The van der Waals surface area contributed by atoms with Crippen LogP contribution in [-0.4, -0.2) is 15.3 Å². The molecule has 0 aliphatic heterocycles. The van der Waals surface area contributed by atoms with Crippen molar-refractivity contribution in [2.45, 2.75) is 0 Å². The zero-order valence-corrected chi connectivity index (χ0v) is 10.9. The Balaban J connectivity index is 2.27. The lowest BCUT2D eigenvalue weighted by molar-refractivity contribution is 0.450. The minimum Gasteiger partial charge on any atom is -0.508 e. The lowest BCUT2D eigenvalue weighted by atomic mass is 10.1. The van der Waals surface area contributed by atoms with Gasteiger partial charge in [-0.2, -0.15) is 0 Å². The molecular weight excluding hydrogens is 296 g/mol. The molecule has 18 heavy (non-hydrogen) atoms. The second kappa shape index (κ2) is 5.14. The zero-order chi connectivity index (χ0) is 13.1. The number of halogens is 1. The van der Waals surface area contributed by atoms with Gasteiger partial charge in [-0.15, -0.1) is 0 Å². The Bertz CT molecular complexity index is 586. The Labute approximate surface area is 113 Å². The fourth-order valence-electron chi connectivity index (χ4n) is 1.53. The molecule has 2 aromatic carbocycles. The predicted molar refractivity (Wildman–Crippen MR) is 74.5 cm³/mol. The molecule has 0 unspecified atom stereocenters. The molecule has 0 spiro atoms. The first kappa shape index (κ1) is 12.5. The van der Waals surface area contributed by atoms with E-state index < -0.39 is 0 Å². The molecule has 0 saturated carbocycles. The van der Waals surface area contributed by atoms with Gasteiger partial charge in [0.1, 0.15) is 17.2 Å². The van der Waals surface area contributed by atoms with Crippen LogP contribution < -0.4 is 0 Å². The van der Waals surface area contributed by atoms with Crippen LogP contribution in [0.1, 0.15) is 11.1 Å². The van der Waals surface area contributed by atoms with E-state index in [-0.39, 0.29) is 17.2 Å². The van der Waals surface area contributed by atoms with Crippen LogP contribution in [0.15, 0.2) is 40.9 Å². The monoisotopic (exact) mass is 306 g/mol. The summed E-state index contributed by atoms with van der Waals surface area (Å²) in [5.74, 6) is 0.213. The minimum atomic E-state index is 0.0153. The molecule has 4 heteroatoms. The second-order valence-corrected chi connectivity index (χ2v) is 4.68. The van der Waals surface area contributed by atoms with E-state index in [0.717, 1.165) is 5.56 Å². The van der Waals surface area contributed by atoms with E-state index in [1.165, 1.54) is 6.07 Å². The van der Waals surface area contributed by atoms with Gasteiger partial charge in [-0.1, -0.05) is 18.2 Å². The summed E-state index contributed by atoms with van der Waals surface area (Å²) < 4.78 is 0.614. The number of phenols is 3. The molecule has 2 rings (SSSR count). The summed E-state index contributed by atoms with van der Waals surface area (Å²) in [5.41, 5.74) is 1.58. The fourth-order valence-corrected chi connectivity index (χ4v) is 1.93. The molecule has 3 N–H and O–H groups in total. The number of aromatic hydroxyl groups is 3. The summed E-state index contributed by atoms with van der Waals surface area (Å²) in [6.45, 7) is 0. The summed E-state index contributed by atoms with van der Waals surface area (Å²) >= 11 is 3.23. The van der Waals surface area contributed by atoms with Gasteiger partial charge < -0.3 is 15.3 Å². The topological polar surface area (TPSA) is 60.7 Å². The SMILES string of the molecule is Oc1cc(O)cc(/C=C/c2ccc(O)c(Br)c2)c1. The normalized spacial score (nSPS) is 10.9. The average molecular weight is 307 g/mol. The third-order valence-electron chi connectivity index (χ3n) is 2.36. The summed E-state index contributed by atoms with van der Waals surface area (Å²) in [6.07, 6.45) is 3.58. The van der Waals surface area contributed by atoms with Crippen molar-refractivity contribution in [3.63, 3.8) is 0 Å². The van der Waals surface area contributed by atoms with Crippen molar-refractivity contribution in [2.24, 2.45) is 0 Å². The van der Waals surface area contributed by atoms with E-state index >= 15 is 0 Å². The van der Waals surface area contributed by atoms with Gasteiger partial charge >= 0.3 is 0 Å². The highest BCUT2D eigenvalue weighted by atomic mass is 79.9. The first-order chi connectivity index (χ1) is 8.54. The number of rotatable bonds is 2. The van der Waals surface area contributed by atoms with Crippen molar-refractivity contribution in [3.8, 4) is 17.2 Å². The second-order valence-electron chi connectivity index (χ2n) is 3.83. The van der Waals surface area contributed by atoms with Crippen molar-refractivity contribution in [1.82, 2.24) is 0 Å². The van der Waals surface area contributed by atoms with Crippen LogP contribution in [-0.2, 0) is 0 Å². The van der Waals surface area contributed by atoms with Gasteiger partial charge in [0.25, 0.3) is 0 Å². The molecule has 0 radical (unpaired) electrons. The highest BCUT2D eigenvalue weighted by Crippen LogP contribution is 2.26. The molecule has 0 heterocycles. The van der Waals surface area contributed by atoms with Crippen molar-refractivity contribution in [3.05, 3.63) is 52.0 Å². The molecule has 3 nitrogen and oxygen atoms in total. The van der Waals surface area contributed by atoms with E-state index in [1.54, 1.807) is 36.4 Å². The highest BCUT2D eigenvalue weighted by Gasteiger charge is 1.98. The molecule has 0 amide bonds. The third kappa shape index (κ3) is 3.05. The summed E-state index contributed by atoms with van der Waals surface area (Å²) in [7, 11) is 0. The average Bonchev–Trinajstić information content (AvgIpc) is 2.29. The Hall–Kier alpha value is -1.94. The van der Waals surface area contributed by atoms with Crippen molar-refractivity contribution in [2.75, 3.05) is 0 Å². The van der Waals surface area contributed by atoms with Crippen molar-refractivity contribution < 1.29 is 15.3 Å². The fraction of sp³-hybridized carbons (Fsp3) is 0. The van der Waals surface area contributed by atoms with E-state index in [4.69, 9.17) is 0 Å². The van der Waals surface area contributed by atoms with Crippen molar-refractivity contribution >= 4 is 28.1 Å². The first-order valence-electron chi connectivity index (χ1n) is 5.24. The lowest BCUT2D eigenvalue weighted by Gasteiger charge is -2.00. The molecule has 0 aliphatic carbocycles. The number of hydrogen-bond donors (Lipinski definition) is 3.